The van der Waals surface area contributed by atoms with Gasteiger partial charge in [-0.2, -0.15) is 0 Å². The average molecular weight is 256 g/mol. The third-order valence-corrected chi connectivity index (χ3v) is 2.53. The molecule has 0 saturated carbocycles. The zero-order valence-electron chi connectivity index (χ0n) is 9.96. The van der Waals surface area contributed by atoms with Gasteiger partial charge in [0.1, 0.15) is 0 Å². The van der Waals surface area contributed by atoms with Gasteiger partial charge in [0, 0.05) is 5.69 Å². The van der Waals surface area contributed by atoms with Gasteiger partial charge in [0.25, 0.3) is 5.91 Å². The molecule has 0 aliphatic heterocycles. The van der Waals surface area contributed by atoms with Crippen LogP contribution in [0.25, 0.3) is 0 Å². The van der Waals surface area contributed by atoms with Crippen molar-refractivity contribution in [3.63, 3.8) is 0 Å². The molecule has 2 rings (SSSR count). The number of carbonyl (C=O) groups excluding carboxylic acids is 2. The molecule has 0 spiro atoms. The van der Waals surface area contributed by atoms with Crippen molar-refractivity contribution < 1.29 is 14.7 Å². The summed E-state index contributed by atoms with van der Waals surface area (Å²) in [4.78, 5) is 22.4. The van der Waals surface area contributed by atoms with Crippen molar-refractivity contribution in [3.8, 4) is 5.75 Å². The van der Waals surface area contributed by atoms with Gasteiger partial charge >= 0.3 is 0 Å². The smallest absolute Gasteiger partial charge is 0.259 e. The van der Waals surface area contributed by atoms with E-state index in [0.717, 1.165) is 0 Å². The summed E-state index contributed by atoms with van der Waals surface area (Å²) in [5, 5.41) is 14.9. The fraction of sp³-hybridized carbons (Fsp3) is 0. The third-order valence-electron chi connectivity index (χ3n) is 2.53. The van der Waals surface area contributed by atoms with Gasteiger partial charge in [-0.3, -0.25) is 9.59 Å². The summed E-state index contributed by atoms with van der Waals surface area (Å²) < 4.78 is 0. The van der Waals surface area contributed by atoms with Crippen LogP contribution in [0.2, 0.25) is 0 Å². The molecule has 2 aromatic rings. The molecule has 5 heteroatoms. The van der Waals surface area contributed by atoms with Crippen molar-refractivity contribution in [3.05, 3.63) is 54.1 Å². The van der Waals surface area contributed by atoms with Crippen LogP contribution in [-0.2, 0) is 4.79 Å². The van der Waals surface area contributed by atoms with Crippen LogP contribution in [0.1, 0.15) is 10.4 Å². The molecule has 5 nitrogen and oxygen atoms in total. The molecule has 0 radical (unpaired) electrons. The summed E-state index contributed by atoms with van der Waals surface area (Å²) in [5.74, 6) is -0.707. The Morgan fingerprint density at radius 3 is 2.47 bits per heavy atom. The van der Waals surface area contributed by atoms with Crippen molar-refractivity contribution in [2.75, 3.05) is 10.6 Å². The number of rotatable bonds is 4. The second kappa shape index (κ2) is 5.68. The number of carbonyl (C=O) groups is 2. The number of nitrogens with one attached hydrogen (secondary N) is 2. The topological polar surface area (TPSA) is 78.4 Å². The Morgan fingerprint density at radius 2 is 1.79 bits per heavy atom. The first-order valence-electron chi connectivity index (χ1n) is 5.61. The number of phenols is 1. The quantitative estimate of drug-likeness (QED) is 0.579. The highest BCUT2D eigenvalue weighted by molar-refractivity contribution is 6.07. The number of benzene rings is 2. The van der Waals surface area contributed by atoms with Gasteiger partial charge in [0.05, 0.1) is 11.3 Å². The molecule has 96 valence electrons. The molecular formula is C14H12N2O3. The summed E-state index contributed by atoms with van der Waals surface area (Å²) in [6.45, 7) is 0. The Kier molecular flexibility index (Phi) is 3.78. The predicted molar refractivity (Wildman–Crippen MR) is 72.2 cm³/mol. The Balaban J connectivity index is 2.24. The molecule has 0 saturated heterocycles. The molecule has 2 amide bonds. The lowest BCUT2D eigenvalue weighted by Gasteiger charge is -2.09. The highest BCUT2D eigenvalue weighted by atomic mass is 16.3. The summed E-state index contributed by atoms with van der Waals surface area (Å²) >= 11 is 0. The SMILES string of the molecule is O=CNc1cccc(C(=O)Nc2ccccc2)c1O. The van der Waals surface area contributed by atoms with Crippen LogP contribution in [0.15, 0.2) is 48.5 Å². The Morgan fingerprint density at radius 1 is 1.05 bits per heavy atom. The predicted octanol–water partition coefficient (Wildman–Crippen LogP) is 2.21. The first-order chi connectivity index (χ1) is 9.22. The molecule has 0 aliphatic rings. The van der Waals surface area contributed by atoms with E-state index >= 15 is 0 Å². The Labute approximate surface area is 109 Å². The largest absolute Gasteiger partial charge is 0.505 e. The van der Waals surface area contributed by atoms with E-state index in [4.69, 9.17) is 0 Å². The summed E-state index contributed by atoms with van der Waals surface area (Å²) in [5.41, 5.74) is 0.909. The number of para-hydroxylation sites is 2. The van der Waals surface area contributed by atoms with Crippen LogP contribution in [0.3, 0.4) is 0 Å². The first-order valence-corrected chi connectivity index (χ1v) is 5.61. The van der Waals surface area contributed by atoms with E-state index in [2.05, 4.69) is 10.6 Å². The normalized spacial score (nSPS) is 9.68. The molecule has 3 N–H and O–H groups in total. The second-order valence-corrected chi connectivity index (χ2v) is 3.78. The minimum Gasteiger partial charge on any atom is -0.505 e. The number of amides is 2. The van der Waals surface area contributed by atoms with Crippen LogP contribution in [0.4, 0.5) is 11.4 Å². The van der Waals surface area contributed by atoms with E-state index in [1.54, 1.807) is 30.3 Å². The van der Waals surface area contributed by atoms with Gasteiger partial charge in [0.2, 0.25) is 6.41 Å². The maximum atomic E-state index is 12.0. The maximum absolute atomic E-state index is 12.0. The van der Waals surface area contributed by atoms with Crippen molar-refractivity contribution >= 4 is 23.7 Å². The van der Waals surface area contributed by atoms with E-state index in [-0.39, 0.29) is 17.0 Å². The lowest BCUT2D eigenvalue weighted by atomic mass is 10.1. The number of anilines is 2. The minimum atomic E-state index is -0.446. The van der Waals surface area contributed by atoms with Crippen molar-refractivity contribution in [1.29, 1.82) is 0 Å². The summed E-state index contributed by atoms with van der Waals surface area (Å²) in [6.07, 6.45) is 0.438. The lowest BCUT2D eigenvalue weighted by Crippen LogP contribution is -2.12. The molecule has 0 aliphatic carbocycles. The lowest BCUT2D eigenvalue weighted by molar-refractivity contribution is -0.105. The highest BCUT2D eigenvalue weighted by Gasteiger charge is 2.14. The van der Waals surface area contributed by atoms with E-state index in [9.17, 15) is 14.7 Å². The summed E-state index contributed by atoms with van der Waals surface area (Å²) in [7, 11) is 0. The molecule has 0 bridgehead atoms. The molecular weight excluding hydrogens is 244 g/mol. The number of phenolic OH excluding ortho intramolecular Hbond substituents is 1. The van der Waals surface area contributed by atoms with Crippen LogP contribution < -0.4 is 10.6 Å². The van der Waals surface area contributed by atoms with Gasteiger partial charge < -0.3 is 15.7 Å². The fourth-order valence-electron chi connectivity index (χ4n) is 1.63. The monoisotopic (exact) mass is 256 g/mol. The van der Waals surface area contributed by atoms with Gasteiger partial charge in [0.15, 0.2) is 5.75 Å². The van der Waals surface area contributed by atoms with Crippen molar-refractivity contribution in [2.45, 2.75) is 0 Å². The Bertz CT molecular complexity index is 597. The molecule has 0 heterocycles. The number of hydrogen-bond acceptors (Lipinski definition) is 3. The molecule has 0 aromatic heterocycles. The minimum absolute atomic E-state index is 0.0932. The molecule has 2 aromatic carbocycles. The van der Waals surface area contributed by atoms with E-state index < -0.39 is 5.91 Å². The summed E-state index contributed by atoms with van der Waals surface area (Å²) in [6, 6.07) is 13.4. The van der Waals surface area contributed by atoms with Crippen LogP contribution in [-0.4, -0.2) is 17.4 Å². The standard InChI is InChI=1S/C14H12N2O3/c17-9-15-12-8-4-7-11(13(12)18)14(19)16-10-5-2-1-3-6-10/h1-9,18H,(H,15,17)(H,16,19). The second-order valence-electron chi connectivity index (χ2n) is 3.78. The molecule has 0 atom stereocenters. The van der Waals surface area contributed by atoms with E-state index in [0.29, 0.717) is 12.1 Å². The van der Waals surface area contributed by atoms with Gasteiger partial charge in [-0.25, -0.2) is 0 Å². The van der Waals surface area contributed by atoms with Crippen LogP contribution >= 0.6 is 0 Å². The van der Waals surface area contributed by atoms with Crippen LogP contribution in [0.5, 0.6) is 5.75 Å². The number of hydrogen-bond donors (Lipinski definition) is 3. The Hall–Kier alpha value is -2.82. The highest BCUT2D eigenvalue weighted by Crippen LogP contribution is 2.27. The molecule has 0 fully saturated rings. The van der Waals surface area contributed by atoms with Gasteiger partial charge in [-0.1, -0.05) is 24.3 Å². The van der Waals surface area contributed by atoms with E-state index in [1.165, 1.54) is 12.1 Å². The first kappa shape index (κ1) is 12.6. The van der Waals surface area contributed by atoms with Gasteiger partial charge in [-0.15, -0.1) is 0 Å². The van der Waals surface area contributed by atoms with Crippen LogP contribution in [0, 0.1) is 0 Å². The number of aromatic hydroxyl groups is 1. The molecule has 19 heavy (non-hydrogen) atoms. The third kappa shape index (κ3) is 2.90. The van der Waals surface area contributed by atoms with Crippen molar-refractivity contribution in [1.82, 2.24) is 0 Å². The fourth-order valence-corrected chi connectivity index (χ4v) is 1.63. The van der Waals surface area contributed by atoms with E-state index in [1.807, 2.05) is 6.07 Å². The molecule has 0 unspecified atom stereocenters. The zero-order valence-corrected chi connectivity index (χ0v) is 9.96. The zero-order chi connectivity index (χ0) is 13.7. The maximum Gasteiger partial charge on any atom is 0.259 e. The average Bonchev–Trinajstić information content (AvgIpc) is 2.42. The van der Waals surface area contributed by atoms with Gasteiger partial charge in [-0.05, 0) is 24.3 Å². The van der Waals surface area contributed by atoms with Crippen molar-refractivity contribution in [2.24, 2.45) is 0 Å².